The highest BCUT2D eigenvalue weighted by molar-refractivity contribution is 7.20. The monoisotopic (exact) mass is 345 g/mol. The van der Waals surface area contributed by atoms with Gasteiger partial charge >= 0.3 is 6.09 Å². The van der Waals surface area contributed by atoms with E-state index in [2.05, 4.69) is 16.4 Å². The number of fused-ring (bicyclic) bond motifs is 1. The maximum atomic E-state index is 10.7. The zero-order valence-electron chi connectivity index (χ0n) is 11.4. The molecule has 1 amide bonds. The number of carbonyl (C=O) groups is 1. The lowest BCUT2D eigenvalue weighted by Gasteiger charge is -2.06. The number of nitrogens with one attached hydrogen (secondary N) is 1. The Balaban J connectivity index is 1.91. The number of nitrogens with zero attached hydrogens (tertiary/aromatic N) is 2. The fourth-order valence-corrected chi connectivity index (χ4v) is 2.98. The molecule has 0 spiro atoms. The molecular formula is C15H8ClN3O3S. The minimum absolute atomic E-state index is 0.299. The third kappa shape index (κ3) is 3.51. The fourth-order valence-electron chi connectivity index (χ4n) is 1.94. The molecule has 0 bridgehead atoms. The second kappa shape index (κ2) is 6.12. The van der Waals surface area contributed by atoms with E-state index >= 15 is 0 Å². The number of rotatable bonds is 3. The average molecular weight is 346 g/mol. The fraction of sp³-hybridized carbons (Fsp3) is 0. The first-order valence-electron chi connectivity index (χ1n) is 6.32. The number of hydrogen-bond donors (Lipinski definition) is 2. The second-order valence-electron chi connectivity index (χ2n) is 4.48. The summed E-state index contributed by atoms with van der Waals surface area (Å²) in [4.78, 5) is 15.0. The van der Waals surface area contributed by atoms with Gasteiger partial charge in [0, 0.05) is 16.8 Å². The third-order valence-corrected chi connectivity index (χ3v) is 3.96. The van der Waals surface area contributed by atoms with E-state index in [-0.39, 0.29) is 0 Å². The van der Waals surface area contributed by atoms with Gasteiger partial charge < -0.3 is 9.84 Å². The van der Waals surface area contributed by atoms with Crippen molar-refractivity contribution in [1.29, 1.82) is 5.26 Å². The average Bonchev–Trinajstić information content (AvgIpc) is 2.86. The molecule has 0 unspecified atom stereocenters. The van der Waals surface area contributed by atoms with Crippen LogP contribution in [-0.2, 0) is 0 Å². The van der Waals surface area contributed by atoms with Gasteiger partial charge in [-0.1, -0.05) is 22.9 Å². The van der Waals surface area contributed by atoms with Gasteiger partial charge in [0.05, 0.1) is 21.8 Å². The van der Waals surface area contributed by atoms with Crippen LogP contribution in [0, 0.1) is 11.3 Å². The van der Waals surface area contributed by atoms with Crippen molar-refractivity contribution in [3.63, 3.8) is 0 Å². The number of ether oxygens (including phenoxy) is 1. The predicted octanol–water partition coefficient (Wildman–Crippen LogP) is 4.70. The Morgan fingerprint density at radius 1 is 1.35 bits per heavy atom. The van der Waals surface area contributed by atoms with Crippen LogP contribution in [0.5, 0.6) is 10.9 Å². The van der Waals surface area contributed by atoms with E-state index in [9.17, 15) is 4.79 Å². The molecular weight excluding hydrogens is 338 g/mol. The number of nitriles is 1. The van der Waals surface area contributed by atoms with Gasteiger partial charge in [-0.25, -0.2) is 9.78 Å². The summed E-state index contributed by atoms with van der Waals surface area (Å²) in [5.41, 5.74) is 1.48. The number of anilines is 1. The number of amides is 1. The standard InChI is InChI=1S/C15H8ClN3O3S/c16-9-4-10(18-14(20)21)6-11(5-9)22-15-19-12-3-8(7-17)1-2-13(12)23-15/h1-6,18H,(H,20,21). The summed E-state index contributed by atoms with van der Waals surface area (Å²) in [6, 6.07) is 11.8. The summed E-state index contributed by atoms with van der Waals surface area (Å²) in [5.74, 6) is 0.362. The Morgan fingerprint density at radius 2 is 2.17 bits per heavy atom. The smallest absolute Gasteiger partial charge is 0.409 e. The summed E-state index contributed by atoms with van der Waals surface area (Å²) in [6.07, 6.45) is -1.19. The summed E-state index contributed by atoms with van der Waals surface area (Å²) >= 11 is 7.27. The van der Waals surface area contributed by atoms with Crippen molar-refractivity contribution < 1.29 is 14.6 Å². The van der Waals surface area contributed by atoms with E-state index in [1.807, 2.05) is 0 Å². The van der Waals surface area contributed by atoms with Gasteiger partial charge in [0.2, 0.25) is 0 Å². The van der Waals surface area contributed by atoms with E-state index in [0.29, 0.717) is 32.7 Å². The van der Waals surface area contributed by atoms with E-state index in [4.69, 9.17) is 26.7 Å². The number of thiazole rings is 1. The van der Waals surface area contributed by atoms with Crippen molar-refractivity contribution in [3.05, 3.63) is 47.0 Å². The van der Waals surface area contributed by atoms with Crippen LogP contribution in [0.3, 0.4) is 0 Å². The molecule has 0 atom stereocenters. The number of hydrogen-bond acceptors (Lipinski definition) is 5. The largest absolute Gasteiger partial charge is 0.465 e. The van der Waals surface area contributed by atoms with Crippen molar-refractivity contribution in [1.82, 2.24) is 4.98 Å². The zero-order chi connectivity index (χ0) is 16.4. The molecule has 3 aromatic rings. The highest BCUT2D eigenvalue weighted by atomic mass is 35.5. The number of carboxylic acid groups (broad SMARTS) is 1. The summed E-state index contributed by atoms with van der Waals surface area (Å²) in [6.45, 7) is 0. The Labute approximate surface area is 139 Å². The van der Waals surface area contributed by atoms with Crippen LogP contribution in [-0.4, -0.2) is 16.2 Å². The van der Waals surface area contributed by atoms with Crippen LogP contribution in [0.25, 0.3) is 10.2 Å². The van der Waals surface area contributed by atoms with Crippen LogP contribution < -0.4 is 10.1 Å². The lowest BCUT2D eigenvalue weighted by molar-refractivity contribution is 0.210. The normalized spacial score (nSPS) is 10.3. The van der Waals surface area contributed by atoms with Gasteiger partial charge in [-0.15, -0.1) is 0 Å². The molecule has 1 heterocycles. The van der Waals surface area contributed by atoms with Crippen molar-refractivity contribution in [2.75, 3.05) is 5.32 Å². The highest BCUT2D eigenvalue weighted by Crippen LogP contribution is 2.34. The Bertz CT molecular complexity index is 949. The molecule has 23 heavy (non-hydrogen) atoms. The maximum absolute atomic E-state index is 10.7. The second-order valence-corrected chi connectivity index (χ2v) is 5.91. The van der Waals surface area contributed by atoms with Crippen molar-refractivity contribution >= 4 is 44.9 Å². The van der Waals surface area contributed by atoms with Crippen molar-refractivity contribution in [2.24, 2.45) is 0 Å². The van der Waals surface area contributed by atoms with Crippen LogP contribution in [0.15, 0.2) is 36.4 Å². The van der Waals surface area contributed by atoms with Crippen LogP contribution in [0.2, 0.25) is 5.02 Å². The van der Waals surface area contributed by atoms with E-state index in [1.54, 1.807) is 24.3 Å². The maximum Gasteiger partial charge on any atom is 0.409 e. The zero-order valence-corrected chi connectivity index (χ0v) is 13.0. The molecule has 0 fully saturated rings. The van der Waals surface area contributed by atoms with Crippen LogP contribution in [0.4, 0.5) is 10.5 Å². The molecule has 2 N–H and O–H groups in total. The molecule has 6 nitrogen and oxygen atoms in total. The van der Waals surface area contributed by atoms with Gasteiger partial charge in [-0.05, 0) is 30.3 Å². The number of benzene rings is 2. The quantitative estimate of drug-likeness (QED) is 0.717. The Kier molecular flexibility index (Phi) is 4.02. The molecule has 114 valence electrons. The Morgan fingerprint density at radius 3 is 2.91 bits per heavy atom. The van der Waals surface area contributed by atoms with Crippen LogP contribution >= 0.6 is 22.9 Å². The molecule has 0 saturated carbocycles. The predicted molar refractivity (Wildman–Crippen MR) is 87.5 cm³/mol. The molecule has 0 saturated heterocycles. The van der Waals surface area contributed by atoms with Gasteiger partial charge in [-0.2, -0.15) is 5.26 Å². The van der Waals surface area contributed by atoms with E-state index < -0.39 is 6.09 Å². The minimum atomic E-state index is -1.19. The topological polar surface area (TPSA) is 95.2 Å². The lowest BCUT2D eigenvalue weighted by Crippen LogP contribution is -2.07. The highest BCUT2D eigenvalue weighted by Gasteiger charge is 2.09. The van der Waals surface area contributed by atoms with Crippen molar-refractivity contribution in [2.45, 2.75) is 0 Å². The first-order chi connectivity index (χ1) is 11.0. The van der Waals surface area contributed by atoms with Gasteiger partial charge in [0.1, 0.15) is 5.75 Å². The first-order valence-corrected chi connectivity index (χ1v) is 7.52. The first kappa shape index (κ1) is 15.1. The summed E-state index contributed by atoms with van der Waals surface area (Å²) in [7, 11) is 0. The van der Waals surface area contributed by atoms with Gasteiger partial charge in [0.15, 0.2) is 0 Å². The molecule has 0 aliphatic rings. The van der Waals surface area contributed by atoms with Gasteiger partial charge in [0.25, 0.3) is 5.19 Å². The summed E-state index contributed by atoms with van der Waals surface area (Å²) in [5, 5.41) is 20.6. The minimum Gasteiger partial charge on any atom is -0.465 e. The Hall–Kier alpha value is -2.82. The molecule has 0 aliphatic heterocycles. The SMILES string of the molecule is N#Cc1ccc2sc(Oc3cc(Cl)cc(NC(=O)O)c3)nc2c1. The molecule has 2 aromatic carbocycles. The molecule has 1 aromatic heterocycles. The van der Waals surface area contributed by atoms with Gasteiger partial charge in [-0.3, -0.25) is 5.32 Å². The summed E-state index contributed by atoms with van der Waals surface area (Å²) < 4.78 is 6.53. The van der Waals surface area contributed by atoms with E-state index in [1.165, 1.54) is 23.5 Å². The molecule has 0 radical (unpaired) electrons. The third-order valence-electron chi connectivity index (χ3n) is 2.82. The molecule has 8 heteroatoms. The molecule has 0 aliphatic carbocycles. The number of halogens is 1. The van der Waals surface area contributed by atoms with Crippen molar-refractivity contribution in [3.8, 4) is 17.0 Å². The van der Waals surface area contributed by atoms with Crippen LogP contribution in [0.1, 0.15) is 5.56 Å². The number of aromatic nitrogens is 1. The lowest BCUT2D eigenvalue weighted by atomic mass is 10.2. The van der Waals surface area contributed by atoms with E-state index in [0.717, 1.165) is 4.70 Å². The molecule has 3 rings (SSSR count).